The summed E-state index contributed by atoms with van der Waals surface area (Å²) in [6.45, 7) is 3.11. The molecule has 0 amide bonds. The SMILES string of the molecule is CCCc1ccc(OC(=O)c2ccc(C3=CCC(c4ccc(C(C)O)c(F)c4F)CC3)c(F)c2F)c(F)c1F. The molecule has 1 aliphatic rings. The first-order chi connectivity index (χ1) is 18.5. The van der Waals surface area contributed by atoms with E-state index in [0.717, 1.165) is 12.1 Å². The Labute approximate surface area is 221 Å². The molecule has 9 heteroatoms. The number of hydrogen-bond acceptors (Lipinski definition) is 3. The predicted octanol–water partition coefficient (Wildman–Crippen LogP) is 8.10. The fraction of sp³-hybridized carbons (Fsp3) is 0.300. The summed E-state index contributed by atoms with van der Waals surface area (Å²) in [5, 5.41) is 9.58. The lowest BCUT2D eigenvalue weighted by atomic mass is 9.81. The number of allylic oxidation sites excluding steroid dienone is 2. The van der Waals surface area contributed by atoms with Gasteiger partial charge in [0.25, 0.3) is 0 Å². The van der Waals surface area contributed by atoms with E-state index in [1.165, 1.54) is 31.2 Å². The van der Waals surface area contributed by atoms with Crippen molar-refractivity contribution in [2.75, 3.05) is 0 Å². The van der Waals surface area contributed by atoms with Crippen molar-refractivity contribution >= 4 is 11.5 Å². The molecule has 0 aliphatic heterocycles. The summed E-state index contributed by atoms with van der Waals surface area (Å²) in [6.07, 6.45) is 2.03. The van der Waals surface area contributed by atoms with Gasteiger partial charge in [-0.15, -0.1) is 0 Å². The fourth-order valence-corrected chi connectivity index (χ4v) is 4.80. The van der Waals surface area contributed by atoms with Crippen molar-refractivity contribution in [2.24, 2.45) is 0 Å². The van der Waals surface area contributed by atoms with E-state index in [9.17, 15) is 36.2 Å². The van der Waals surface area contributed by atoms with Gasteiger partial charge in [0.05, 0.1) is 11.7 Å². The molecule has 0 heterocycles. The van der Waals surface area contributed by atoms with E-state index in [0.29, 0.717) is 18.4 Å². The maximum Gasteiger partial charge on any atom is 0.346 e. The van der Waals surface area contributed by atoms with Gasteiger partial charge in [-0.25, -0.2) is 26.7 Å². The Morgan fingerprint density at radius 2 is 1.67 bits per heavy atom. The minimum Gasteiger partial charge on any atom is -0.420 e. The standard InChI is InChI=1S/C30H26F6O3/c1-3-4-18-9-14-23(29(36)24(18)31)39-30(38)22-13-12-21(27(34)28(22)35)17-7-5-16(6-8-17)20-11-10-19(15(2)37)25(32)26(20)33/h7,9-16,37H,3-6,8H2,1-2H3. The van der Waals surface area contributed by atoms with Crippen molar-refractivity contribution in [3.8, 4) is 5.75 Å². The lowest BCUT2D eigenvalue weighted by Gasteiger charge is -2.24. The van der Waals surface area contributed by atoms with E-state index >= 15 is 0 Å². The molecule has 0 aromatic heterocycles. The number of rotatable bonds is 7. The van der Waals surface area contributed by atoms with Crippen LogP contribution in [0.3, 0.4) is 0 Å². The molecule has 2 atom stereocenters. The summed E-state index contributed by atoms with van der Waals surface area (Å²) in [6, 6.07) is 7.22. The number of aliphatic hydroxyl groups excluding tert-OH is 1. The number of carbonyl (C=O) groups excluding carboxylic acids is 1. The lowest BCUT2D eigenvalue weighted by molar-refractivity contribution is 0.0720. The molecule has 3 aromatic rings. The topological polar surface area (TPSA) is 46.5 Å². The van der Waals surface area contributed by atoms with Crippen LogP contribution in [-0.2, 0) is 6.42 Å². The molecule has 206 valence electrons. The molecule has 4 rings (SSSR count). The highest BCUT2D eigenvalue weighted by molar-refractivity contribution is 5.92. The first kappa shape index (κ1) is 28.4. The number of aryl methyl sites for hydroxylation is 1. The molecule has 3 nitrogen and oxygen atoms in total. The summed E-state index contributed by atoms with van der Waals surface area (Å²) in [7, 11) is 0. The van der Waals surface area contributed by atoms with Crippen molar-refractivity contribution in [2.45, 2.75) is 58.0 Å². The van der Waals surface area contributed by atoms with Crippen LogP contribution in [0.1, 0.15) is 84.2 Å². The van der Waals surface area contributed by atoms with Crippen LogP contribution in [0.15, 0.2) is 42.5 Å². The van der Waals surface area contributed by atoms with Crippen molar-refractivity contribution < 1.29 is 41.0 Å². The van der Waals surface area contributed by atoms with Crippen LogP contribution < -0.4 is 4.74 Å². The van der Waals surface area contributed by atoms with E-state index in [1.54, 1.807) is 13.0 Å². The second-order valence-electron chi connectivity index (χ2n) is 9.53. The molecule has 0 saturated heterocycles. The third-order valence-corrected chi connectivity index (χ3v) is 6.94. The highest BCUT2D eigenvalue weighted by atomic mass is 19.2. The zero-order valence-electron chi connectivity index (χ0n) is 21.3. The van der Waals surface area contributed by atoms with Gasteiger partial charge in [0.1, 0.15) is 0 Å². The zero-order chi connectivity index (χ0) is 28.4. The van der Waals surface area contributed by atoms with Crippen LogP contribution >= 0.6 is 0 Å². The van der Waals surface area contributed by atoms with Crippen LogP contribution in [0.5, 0.6) is 5.75 Å². The Balaban J connectivity index is 1.53. The Hall–Kier alpha value is -3.59. The number of hydrogen-bond donors (Lipinski definition) is 1. The van der Waals surface area contributed by atoms with Crippen molar-refractivity contribution in [3.63, 3.8) is 0 Å². The molecule has 0 saturated carbocycles. The molecule has 1 N–H and O–H groups in total. The number of benzene rings is 3. The smallest absolute Gasteiger partial charge is 0.346 e. The first-order valence-electron chi connectivity index (χ1n) is 12.6. The summed E-state index contributed by atoms with van der Waals surface area (Å²) in [4.78, 5) is 12.5. The minimum atomic E-state index is -1.51. The van der Waals surface area contributed by atoms with Gasteiger partial charge in [0.2, 0.25) is 5.82 Å². The summed E-state index contributed by atoms with van der Waals surface area (Å²) >= 11 is 0. The fourth-order valence-electron chi connectivity index (χ4n) is 4.80. The van der Waals surface area contributed by atoms with Crippen LogP contribution in [0.25, 0.3) is 5.57 Å². The van der Waals surface area contributed by atoms with Crippen LogP contribution in [0.4, 0.5) is 26.3 Å². The van der Waals surface area contributed by atoms with E-state index in [1.807, 2.05) is 0 Å². The Kier molecular flexibility index (Phi) is 8.49. The highest BCUT2D eigenvalue weighted by Crippen LogP contribution is 2.39. The summed E-state index contributed by atoms with van der Waals surface area (Å²) < 4.78 is 92.1. The predicted molar refractivity (Wildman–Crippen MR) is 133 cm³/mol. The molecule has 39 heavy (non-hydrogen) atoms. The van der Waals surface area contributed by atoms with Gasteiger partial charge in [0.15, 0.2) is 34.8 Å². The Bertz CT molecular complexity index is 1450. The Morgan fingerprint density at radius 1 is 0.923 bits per heavy atom. The van der Waals surface area contributed by atoms with Crippen LogP contribution in [-0.4, -0.2) is 11.1 Å². The quantitative estimate of drug-likeness (QED) is 0.184. The number of aliphatic hydroxyl groups is 1. The number of esters is 1. The normalized spacial score (nSPS) is 16.1. The molecule has 3 aromatic carbocycles. The van der Waals surface area contributed by atoms with Gasteiger partial charge in [0, 0.05) is 11.1 Å². The van der Waals surface area contributed by atoms with E-state index in [-0.39, 0.29) is 41.5 Å². The average molecular weight is 549 g/mol. The van der Waals surface area contributed by atoms with Crippen LogP contribution in [0.2, 0.25) is 0 Å². The molecule has 0 spiro atoms. The molecule has 1 aliphatic carbocycles. The third kappa shape index (κ3) is 5.59. The van der Waals surface area contributed by atoms with E-state index in [2.05, 4.69) is 0 Å². The summed E-state index contributed by atoms with van der Waals surface area (Å²) in [5.41, 5.74) is -0.407. The second-order valence-corrected chi connectivity index (χ2v) is 9.53. The van der Waals surface area contributed by atoms with Gasteiger partial charge in [-0.2, -0.15) is 4.39 Å². The van der Waals surface area contributed by atoms with Gasteiger partial charge in [-0.05, 0) is 67.4 Å². The molecule has 0 radical (unpaired) electrons. The maximum absolute atomic E-state index is 15.0. The van der Waals surface area contributed by atoms with E-state index in [4.69, 9.17) is 4.74 Å². The van der Waals surface area contributed by atoms with E-state index < -0.39 is 64.2 Å². The largest absolute Gasteiger partial charge is 0.420 e. The van der Waals surface area contributed by atoms with Crippen LogP contribution in [0, 0.1) is 34.9 Å². The molecular weight excluding hydrogens is 522 g/mol. The number of carbonyl (C=O) groups is 1. The monoisotopic (exact) mass is 548 g/mol. The number of ether oxygens (including phenoxy) is 1. The van der Waals surface area contributed by atoms with Crippen molar-refractivity contribution in [1.29, 1.82) is 0 Å². The van der Waals surface area contributed by atoms with Crippen molar-refractivity contribution in [1.82, 2.24) is 0 Å². The minimum absolute atomic E-state index is 0.101. The lowest BCUT2D eigenvalue weighted by Crippen LogP contribution is -2.15. The van der Waals surface area contributed by atoms with Gasteiger partial charge in [-0.3, -0.25) is 0 Å². The third-order valence-electron chi connectivity index (χ3n) is 6.94. The van der Waals surface area contributed by atoms with Gasteiger partial charge >= 0.3 is 5.97 Å². The average Bonchev–Trinajstić information content (AvgIpc) is 2.91. The van der Waals surface area contributed by atoms with Crippen molar-refractivity contribution in [3.05, 3.63) is 105 Å². The molecule has 0 fully saturated rings. The maximum atomic E-state index is 15.0. The highest BCUT2D eigenvalue weighted by Gasteiger charge is 2.27. The zero-order valence-corrected chi connectivity index (χ0v) is 21.3. The number of halogens is 6. The Morgan fingerprint density at radius 3 is 2.31 bits per heavy atom. The molecular formula is C30H26F6O3. The first-order valence-corrected chi connectivity index (χ1v) is 12.6. The molecule has 2 unspecified atom stereocenters. The van der Waals surface area contributed by atoms with Gasteiger partial charge < -0.3 is 9.84 Å². The summed E-state index contributed by atoms with van der Waals surface area (Å²) in [5.74, 6) is -10.1. The second kappa shape index (κ2) is 11.7. The molecule has 0 bridgehead atoms. The van der Waals surface area contributed by atoms with Gasteiger partial charge in [-0.1, -0.05) is 43.7 Å².